The Hall–Kier alpha value is -3.74. The van der Waals surface area contributed by atoms with Crippen LogP contribution in [0.4, 0.5) is 5.69 Å². The smallest absolute Gasteiger partial charge is 0.273 e. The lowest BCUT2D eigenvalue weighted by atomic mass is 10.0. The lowest BCUT2D eigenvalue weighted by Gasteiger charge is -2.36. The molecule has 2 aromatic carbocycles. The van der Waals surface area contributed by atoms with E-state index in [1.165, 1.54) is 22.7 Å². The molecular weight excluding hydrogens is 454 g/mol. The minimum atomic E-state index is -0.469. The molecule has 9 heteroatoms. The minimum absolute atomic E-state index is 0.0781. The van der Waals surface area contributed by atoms with Crippen LogP contribution in [0.15, 0.2) is 47.3 Å². The van der Waals surface area contributed by atoms with Crippen LogP contribution in [0.2, 0.25) is 0 Å². The van der Waals surface area contributed by atoms with Gasteiger partial charge in [-0.25, -0.2) is 9.97 Å². The third-order valence-corrected chi connectivity index (χ3v) is 7.32. The van der Waals surface area contributed by atoms with Crippen molar-refractivity contribution in [3.8, 4) is 23.5 Å². The quantitative estimate of drug-likeness (QED) is 0.458. The Morgan fingerprint density at radius 3 is 2.48 bits per heavy atom. The molecule has 1 aliphatic rings. The summed E-state index contributed by atoms with van der Waals surface area (Å²) in [6.45, 7) is 2.69. The molecule has 0 aliphatic carbocycles. The lowest BCUT2D eigenvalue weighted by Crippen LogP contribution is -2.48. The van der Waals surface area contributed by atoms with Crippen LogP contribution in [-0.2, 0) is 0 Å². The fourth-order valence-electron chi connectivity index (χ4n) is 3.95. The highest BCUT2D eigenvalue weighted by molar-refractivity contribution is 7.17. The second-order valence-electron chi connectivity index (χ2n) is 7.60. The number of hydrogen-bond acceptors (Lipinski definition) is 7. The van der Waals surface area contributed by atoms with Gasteiger partial charge in [-0.1, -0.05) is 12.1 Å². The highest BCUT2D eigenvalue weighted by Gasteiger charge is 2.24. The van der Waals surface area contributed by atoms with Crippen LogP contribution in [0.3, 0.4) is 0 Å². The maximum atomic E-state index is 12.7. The van der Waals surface area contributed by atoms with Gasteiger partial charge in [0.1, 0.15) is 5.69 Å². The van der Waals surface area contributed by atoms with Gasteiger partial charge in [-0.05, 0) is 35.7 Å². The molecule has 1 aliphatic heterocycles. The van der Waals surface area contributed by atoms with Crippen LogP contribution in [0.1, 0.15) is 25.9 Å². The molecular formula is C24H19N5O2S2. The Bertz CT molecular complexity index is 1390. The fourth-order valence-corrected chi connectivity index (χ4v) is 5.35. The minimum Gasteiger partial charge on any atom is -0.368 e. The second-order valence-corrected chi connectivity index (χ2v) is 9.31. The summed E-state index contributed by atoms with van der Waals surface area (Å²) in [5.74, 6) is 1.92. The molecule has 0 radical (unpaired) electrons. The summed E-state index contributed by atoms with van der Waals surface area (Å²) < 4.78 is 1.02. The number of primary amides is 1. The standard InChI is InChI=1S/C24H19N5O2S2/c1-2-21-27-20(13-32-21)24(31)29-9-7-28(8-10-29)17-5-3-15(4-6-17)18-11-16(23(25)30)12-19-22(18)33-14-26-19/h1,3-6,11-14H,7-10H2,(H2,25,30). The SMILES string of the molecule is C#Cc1nc(C(=O)N2CCN(c3ccc(-c4cc(C(N)=O)cc5ncsc45)cc3)CC2)cs1. The molecule has 0 spiro atoms. The molecule has 2 amide bonds. The van der Waals surface area contributed by atoms with Crippen molar-refractivity contribution < 1.29 is 9.59 Å². The number of carbonyl (C=O) groups excluding carboxylic acids is 2. The van der Waals surface area contributed by atoms with Crippen molar-refractivity contribution in [2.75, 3.05) is 31.1 Å². The van der Waals surface area contributed by atoms with Crippen LogP contribution in [0.25, 0.3) is 21.3 Å². The van der Waals surface area contributed by atoms with Crippen LogP contribution < -0.4 is 10.6 Å². The number of terminal acetylenes is 1. The number of nitrogens with zero attached hydrogens (tertiary/aromatic N) is 4. The summed E-state index contributed by atoms with van der Waals surface area (Å²) in [4.78, 5) is 37.0. The molecule has 164 valence electrons. The zero-order chi connectivity index (χ0) is 22.9. The van der Waals surface area contributed by atoms with Gasteiger partial charge < -0.3 is 15.5 Å². The van der Waals surface area contributed by atoms with E-state index < -0.39 is 5.91 Å². The number of thiazole rings is 2. The second kappa shape index (κ2) is 8.65. The Morgan fingerprint density at radius 1 is 1.06 bits per heavy atom. The summed E-state index contributed by atoms with van der Waals surface area (Å²) in [5, 5.41) is 2.24. The van der Waals surface area contributed by atoms with E-state index in [-0.39, 0.29) is 5.91 Å². The number of amides is 2. The molecule has 5 rings (SSSR count). The van der Waals surface area contributed by atoms with E-state index in [4.69, 9.17) is 12.2 Å². The summed E-state index contributed by atoms with van der Waals surface area (Å²) in [5.41, 5.74) is 11.9. The first-order valence-corrected chi connectivity index (χ1v) is 12.0. The number of hydrogen-bond donors (Lipinski definition) is 1. The molecule has 33 heavy (non-hydrogen) atoms. The van der Waals surface area contributed by atoms with Crippen LogP contribution in [0.5, 0.6) is 0 Å². The van der Waals surface area contributed by atoms with Gasteiger partial charge in [0.15, 0.2) is 5.01 Å². The first-order valence-electron chi connectivity index (χ1n) is 10.3. The summed E-state index contributed by atoms with van der Waals surface area (Å²) >= 11 is 2.85. The van der Waals surface area contributed by atoms with E-state index in [1.807, 2.05) is 23.1 Å². The summed E-state index contributed by atoms with van der Waals surface area (Å²) in [6, 6.07) is 11.8. The molecule has 0 atom stereocenters. The van der Waals surface area contributed by atoms with Gasteiger partial charge >= 0.3 is 0 Å². The van der Waals surface area contributed by atoms with Crippen molar-refractivity contribution >= 4 is 50.4 Å². The normalized spacial score (nSPS) is 13.8. The van der Waals surface area contributed by atoms with E-state index in [1.54, 1.807) is 17.0 Å². The Morgan fingerprint density at radius 2 is 1.82 bits per heavy atom. The molecule has 3 heterocycles. The summed E-state index contributed by atoms with van der Waals surface area (Å²) in [6.07, 6.45) is 5.36. The largest absolute Gasteiger partial charge is 0.368 e. The van der Waals surface area contributed by atoms with Crippen molar-refractivity contribution in [1.29, 1.82) is 0 Å². The molecule has 0 bridgehead atoms. The molecule has 1 fully saturated rings. The van der Waals surface area contributed by atoms with Crippen molar-refractivity contribution in [3.63, 3.8) is 0 Å². The summed E-state index contributed by atoms with van der Waals surface area (Å²) in [7, 11) is 0. The molecule has 2 aromatic heterocycles. The van der Waals surface area contributed by atoms with Crippen LogP contribution >= 0.6 is 22.7 Å². The first-order chi connectivity index (χ1) is 16.0. The van der Waals surface area contributed by atoms with E-state index in [2.05, 4.69) is 32.9 Å². The average molecular weight is 474 g/mol. The monoisotopic (exact) mass is 473 g/mol. The van der Waals surface area contributed by atoms with Crippen molar-refractivity contribution in [3.05, 3.63) is 63.6 Å². The van der Waals surface area contributed by atoms with E-state index in [0.717, 1.165) is 40.1 Å². The van der Waals surface area contributed by atoms with Crippen molar-refractivity contribution in [1.82, 2.24) is 14.9 Å². The Labute approximate surface area is 198 Å². The Kier molecular flexibility index (Phi) is 5.54. The molecule has 0 unspecified atom stereocenters. The highest BCUT2D eigenvalue weighted by atomic mass is 32.1. The molecule has 0 saturated carbocycles. The number of rotatable bonds is 4. The number of piperazine rings is 1. The van der Waals surface area contributed by atoms with Gasteiger partial charge in [-0.3, -0.25) is 9.59 Å². The number of benzene rings is 2. The average Bonchev–Trinajstić information content (AvgIpc) is 3.53. The van der Waals surface area contributed by atoms with Crippen LogP contribution in [-0.4, -0.2) is 52.9 Å². The van der Waals surface area contributed by atoms with Gasteiger partial charge in [0.25, 0.3) is 5.91 Å². The number of aromatic nitrogens is 2. The number of carbonyl (C=O) groups is 2. The predicted molar refractivity (Wildman–Crippen MR) is 132 cm³/mol. The number of nitrogens with two attached hydrogens (primary N) is 1. The first kappa shape index (κ1) is 21.1. The molecule has 1 saturated heterocycles. The van der Waals surface area contributed by atoms with Crippen molar-refractivity contribution in [2.45, 2.75) is 0 Å². The maximum absolute atomic E-state index is 12.7. The number of fused-ring (bicyclic) bond motifs is 1. The Balaban J connectivity index is 1.31. The number of anilines is 1. The topological polar surface area (TPSA) is 92.4 Å². The molecule has 2 N–H and O–H groups in total. The van der Waals surface area contributed by atoms with E-state index >= 15 is 0 Å². The zero-order valence-electron chi connectivity index (χ0n) is 17.5. The fraction of sp³-hybridized carbons (Fsp3) is 0.167. The highest BCUT2D eigenvalue weighted by Crippen LogP contribution is 2.33. The maximum Gasteiger partial charge on any atom is 0.273 e. The van der Waals surface area contributed by atoms with Crippen LogP contribution in [0, 0.1) is 12.3 Å². The molecule has 7 nitrogen and oxygen atoms in total. The van der Waals surface area contributed by atoms with E-state index in [9.17, 15) is 9.59 Å². The third kappa shape index (κ3) is 4.06. The lowest BCUT2D eigenvalue weighted by molar-refractivity contribution is 0.0741. The predicted octanol–water partition coefficient (Wildman–Crippen LogP) is 3.46. The third-order valence-electron chi connectivity index (χ3n) is 5.67. The van der Waals surface area contributed by atoms with Gasteiger partial charge in [0.2, 0.25) is 5.91 Å². The van der Waals surface area contributed by atoms with Gasteiger partial charge in [0.05, 0.1) is 15.7 Å². The van der Waals surface area contributed by atoms with Gasteiger partial charge in [0, 0.05) is 48.4 Å². The zero-order valence-corrected chi connectivity index (χ0v) is 19.2. The van der Waals surface area contributed by atoms with Gasteiger partial charge in [-0.2, -0.15) is 0 Å². The molecule has 4 aromatic rings. The van der Waals surface area contributed by atoms with Crippen molar-refractivity contribution in [2.24, 2.45) is 5.73 Å². The van der Waals surface area contributed by atoms with Gasteiger partial charge in [-0.15, -0.1) is 29.1 Å². The van der Waals surface area contributed by atoms with E-state index in [0.29, 0.717) is 29.4 Å².